The summed E-state index contributed by atoms with van der Waals surface area (Å²) >= 11 is 1.75. The summed E-state index contributed by atoms with van der Waals surface area (Å²) in [7, 11) is 2.02. The Labute approximate surface area is 96.1 Å². The van der Waals surface area contributed by atoms with Crippen molar-refractivity contribution in [2.45, 2.75) is 25.4 Å². The van der Waals surface area contributed by atoms with E-state index in [0.717, 1.165) is 17.3 Å². The molecule has 0 bridgehead atoms. The van der Waals surface area contributed by atoms with Gasteiger partial charge in [-0.15, -0.1) is 0 Å². The number of allylic oxidation sites excluding steroid dienone is 3. The van der Waals surface area contributed by atoms with Crippen molar-refractivity contribution < 1.29 is 0 Å². The molecule has 0 radical (unpaired) electrons. The molecule has 0 saturated carbocycles. The number of rotatable bonds is 5. The zero-order valence-electron chi connectivity index (χ0n) is 9.60. The van der Waals surface area contributed by atoms with E-state index >= 15 is 0 Å². The van der Waals surface area contributed by atoms with Crippen LogP contribution in [-0.4, -0.2) is 15.3 Å². The smallest absolute Gasteiger partial charge is 0.167 e. The highest BCUT2D eigenvalue weighted by Gasteiger charge is 1.96. The molecule has 0 aromatic carbocycles. The number of thioether (sulfide) groups is 1. The number of nitrogens with zero attached hydrogens (tertiary/aromatic N) is 2. The van der Waals surface area contributed by atoms with Crippen molar-refractivity contribution in [2.75, 3.05) is 5.75 Å². The molecule has 0 unspecified atom stereocenters. The molecule has 0 N–H and O–H groups in total. The van der Waals surface area contributed by atoms with Gasteiger partial charge in [0.25, 0.3) is 0 Å². The minimum atomic E-state index is 0.974. The standard InChI is InChI=1S/C12H18N2S/c1-4-11(5-2)7-6-10-15-12-13-8-9-14(12)3/h4,6-9H,5,10H2,1-3H3. The van der Waals surface area contributed by atoms with Gasteiger partial charge in [0.1, 0.15) is 0 Å². The molecule has 0 aliphatic heterocycles. The highest BCUT2D eigenvalue weighted by atomic mass is 32.2. The topological polar surface area (TPSA) is 17.8 Å². The summed E-state index contributed by atoms with van der Waals surface area (Å²) in [6.07, 6.45) is 11.4. The van der Waals surface area contributed by atoms with Crippen LogP contribution in [0, 0.1) is 0 Å². The van der Waals surface area contributed by atoms with Gasteiger partial charge in [-0.1, -0.05) is 42.5 Å². The second-order valence-electron chi connectivity index (χ2n) is 3.25. The average molecular weight is 222 g/mol. The molecule has 82 valence electrons. The number of imidazole rings is 1. The molecule has 1 aromatic heterocycles. The molecule has 0 amide bonds. The lowest BCUT2D eigenvalue weighted by molar-refractivity contribution is 0.791. The van der Waals surface area contributed by atoms with Gasteiger partial charge in [0, 0.05) is 25.2 Å². The van der Waals surface area contributed by atoms with E-state index in [2.05, 4.69) is 37.1 Å². The van der Waals surface area contributed by atoms with Gasteiger partial charge in [-0.25, -0.2) is 4.98 Å². The molecule has 0 fully saturated rings. The monoisotopic (exact) mass is 222 g/mol. The molecule has 3 heteroatoms. The quantitative estimate of drug-likeness (QED) is 0.561. The van der Waals surface area contributed by atoms with E-state index < -0.39 is 0 Å². The Hall–Kier alpha value is -0.960. The lowest BCUT2D eigenvalue weighted by atomic mass is 10.2. The molecule has 1 rings (SSSR count). The Morgan fingerprint density at radius 2 is 2.40 bits per heavy atom. The van der Waals surface area contributed by atoms with Crippen LogP contribution < -0.4 is 0 Å². The Morgan fingerprint density at radius 1 is 1.60 bits per heavy atom. The van der Waals surface area contributed by atoms with E-state index in [0.29, 0.717) is 0 Å². The third kappa shape index (κ3) is 3.96. The van der Waals surface area contributed by atoms with Crippen LogP contribution in [0.15, 0.2) is 41.4 Å². The van der Waals surface area contributed by atoms with E-state index in [9.17, 15) is 0 Å². The van der Waals surface area contributed by atoms with Crippen LogP contribution in [0.5, 0.6) is 0 Å². The lowest BCUT2D eigenvalue weighted by Crippen LogP contribution is -1.88. The number of hydrogen-bond donors (Lipinski definition) is 0. The van der Waals surface area contributed by atoms with E-state index in [4.69, 9.17) is 0 Å². The van der Waals surface area contributed by atoms with E-state index in [1.54, 1.807) is 11.8 Å². The average Bonchev–Trinajstić information content (AvgIpc) is 2.65. The molecule has 2 nitrogen and oxygen atoms in total. The van der Waals surface area contributed by atoms with Gasteiger partial charge in [0.2, 0.25) is 0 Å². The Kier molecular flexibility index (Phi) is 5.26. The van der Waals surface area contributed by atoms with Gasteiger partial charge in [-0.2, -0.15) is 0 Å². The third-order valence-corrected chi connectivity index (χ3v) is 3.21. The van der Waals surface area contributed by atoms with Crippen LogP contribution in [0.2, 0.25) is 0 Å². The fraction of sp³-hybridized carbons (Fsp3) is 0.417. The summed E-state index contributed by atoms with van der Waals surface area (Å²) in [6, 6.07) is 0. The Balaban J connectivity index is 2.36. The fourth-order valence-corrected chi connectivity index (χ4v) is 1.97. The minimum Gasteiger partial charge on any atom is -0.329 e. The second-order valence-corrected chi connectivity index (χ2v) is 4.24. The summed E-state index contributed by atoms with van der Waals surface area (Å²) < 4.78 is 2.04. The van der Waals surface area contributed by atoms with Crippen molar-refractivity contribution in [3.05, 3.63) is 36.2 Å². The van der Waals surface area contributed by atoms with Crippen molar-refractivity contribution in [2.24, 2.45) is 7.05 Å². The minimum absolute atomic E-state index is 0.974. The zero-order valence-corrected chi connectivity index (χ0v) is 10.4. The van der Waals surface area contributed by atoms with Crippen LogP contribution in [0.1, 0.15) is 20.3 Å². The van der Waals surface area contributed by atoms with Gasteiger partial charge in [0.05, 0.1) is 0 Å². The maximum Gasteiger partial charge on any atom is 0.167 e. The number of aromatic nitrogens is 2. The van der Waals surface area contributed by atoms with Crippen molar-refractivity contribution in [3.8, 4) is 0 Å². The third-order valence-electron chi connectivity index (χ3n) is 2.20. The molecule has 1 aromatic rings. The number of hydrogen-bond acceptors (Lipinski definition) is 2. The Bertz CT molecular complexity index is 350. The lowest BCUT2D eigenvalue weighted by Gasteiger charge is -1.98. The predicted octanol–water partition coefficient (Wildman–Crippen LogP) is 3.42. The highest BCUT2D eigenvalue weighted by Crippen LogP contribution is 2.14. The van der Waals surface area contributed by atoms with Crippen molar-refractivity contribution in [1.29, 1.82) is 0 Å². The summed E-state index contributed by atoms with van der Waals surface area (Å²) in [5, 5.41) is 1.07. The number of aryl methyl sites for hydroxylation is 1. The van der Waals surface area contributed by atoms with Gasteiger partial charge in [-0.3, -0.25) is 0 Å². The molecule has 0 atom stereocenters. The fourth-order valence-electron chi connectivity index (χ4n) is 1.23. The summed E-state index contributed by atoms with van der Waals surface area (Å²) in [6.45, 7) is 4.25. The van der Waals surface area contributed by atoms with Gasteiger partial charge >= 0.3 is 0 Å². The van der Waals surface area contributed by atoms with Crippen LogP contribution in [0.4, 0.5) is 0 Å². The highest BCUT2D eigenvalue weighted by molar-refractivity contribution is 7.99. The van der Waals surface area contributed by atoms with E-state index in [-0.39, 0.29) is 0 Å². The molecule has 0 aliphatic carbocycles. The van der Waals surface area contributed by atoms with Crippen LogP contribution in [0.3, 0.4) is 0 Å². The molecular weight excluding hydrogens is 204 g/mol. The molecule has 0 spiro atoms. The van der Waals surface area contributed by atoms with Gasteiger partial charge in [0.15, 0.2) is 5.16 Å². The zero-order chi connectivity index (χ0) is 11.1. The van der Waals surface area contributed by atoms with E-state index in [1.165, 1.54) is 5.57 Å². The first-order chi connectivity index (χ1) is 7.27. The SMILES string of the molecule is CC=C(C=CCSc1nccn1C)CC. The first-order valence-electron chi connectivity index (χ1n) is 5.19. The van der Waals surface area contributed by atoms with Crippen LogP contribution in [0.25, 0.3) is 0 Å². The van der Waals surface area contributed by atoms with E-state index in [1.807, 2.05) is 24.0 Å². The molecule has 1 heterocycles. The normalized spacial score (nSPS) is 12.6. The van der Waals surface area contributed by atoms with Gasteiger partial charge in [-0.05, 0) is 13.3 Å². The maximum absolute atomic E-state index is 4.25. The maximum atomic E-state index is 4.25. The molecular formula is C12H18N2S. The predicted molar refractivity (Wildman–Crippen MR) is 67.1 cm³/mol. The summed E-state index contributed by atoms with van der Waals surface area (Å²) in [5.41, 5.74) is 1.38. The van der Waals surface area contributed by atoms with Crippen molar-refractivity contribution >= 4 is 11.8 Å². The van der Waals surface area contributed by atoms with Crippen molar-refractivity contribution in [3.63, 3.8) is 0 Å². The summed E-state index contributed by atoms with van der Waals surface area (Å²) in [4.78, 5) is 4.25. The molecule has 0 saturated heterocycles. The van der Waals surface area contributed by atoms with Crippen molar-refractivity contribution in [1.82, 2.24) is 9.55 Å². The largest absolute Gasteiger partial charge is 0.329 e. The molecule has 0 aliphatic rings. The van der Waals surface area contributed by atoms with Crippen LogP contribution >= 0.6 is 11.8 Å². The van der Waals surface area contributed by atoms with Crippen LogP contribution in [-0.2, 0) is 7.05 Å². The Morgan fingerprint density at radius 3 is 2.93 bits per heavy atom. The first kappa shape index (κ1) is 12.1. The van der Waals surface area contributed by atoms with Gasteiger partial charge < -0.3 is 4.57 Å². The molecule has 15 heavy (non-hydrogen) atoms. The second kappa shape index (κ2) is 6.51. The summed E-state index contributed by atoms with van der Waals surface area (Å²) in [5.74, 6) is 0.974. The first-order valence-corrected chi connectivity index (χ1v) is 6.18.